The fraction of sp³-hybridized carbons (Fsp3) is 0.0800. The molecular weight excluding hydrogens is 648 g/mol. The molecule has 0 atom stereocenters. The Morgan fingerprint density at radius 2 is 1.92 bits per heavy atom. The first-order valence-electron chi connectivity index (χ1n) is 10.4. The van der Waals surface area contributed by atoms with E-state index < -0.39 is 17.6 Å². The third-order valence-corrected chi connectivity index (χ3v) is 6.10. The van der Waals surface area contributed by atoms with Gasteiger partial charge in [-0.15, -0.1) is 0 Å². The highest BCUT2D eigenvalue weighted by molar-refractivity contribution is 14.1. The maximum absolute atomic E-state index is 13.0. The van der Waals surface area contributed by atoms with Crippen LogP contribution in [0.2, 0.25) is 0 Å². The molecular formula is C25H18BrFIN3O5. The van der Waals surface area contributed by atoms with Crippen LogP contribution in [0.4, 0.5) is 10.1 Å². The van der Waals surface area contributed by atoms with Crippen LogP contribution in [0.15, 0.2) is 74.7 Å². The number of hydrogen-bond donors (Lipinski definition) is 2. The van der Waals surface area contributed by atoms with Crippen molar-refractivity contribution in [2.75, 3.05) is 19.0 Å². The normalized spacial score (nSPS) is 11.0. The monoisotopic (exact) mass is 665 g/mol. The second kappa shape index (κ2) is 11.5. The lowest BCUT2D eigenvalue weighted by atomic mass is 10.2. The Labute approximate surface area is 227 Å². The number of furan rings is 1. The van der Waals surface area contributed by atoms with Gasteiger partial charge in [-0.3, -0.25) is 9.59 Å². The summed E-state index contributed by atoms with van der Waals surface area (Å²) < 4.78 is 31.2. The van der Waals surface area contributed by atoms with E-state index in [-0.39, 0.29) is 12.4 Å². The van der Waals surface area contributed by atoms with Crippen LogP contribution in [0.25, 0.3) is 11.0 Å². The summed E-state index contributed by atoms with van der Waals surface area (Å²) in [7, 11) is 1.47. The average Bonchev–Trinajstić information content (AvgIpc) is 3.28. The first-order valence-corrected chi connectivity index (χ1v) is 12.3. The summed E-state index contributed by atoms with van der Waals surface area (Å²) in [6.45, 7) is -0.276. The van der Waals surface area contributed by atoms with Gasteiger partial charge in [0.1, 0.15) is 11.4 Å². The minimum atomic E-state index is -0.493. The van der Waals surface area contributed by atoms with Crippen molar-refractivity contribution in [3.8, 4) is 11.5 Å². The van der Waals surface area contributed by atoms with Gasteiger partial charge in [-0.1, -0.05) is 15.9 Å². The lowest BCUT2D eigenvalue weighted by Crippen LogP contribution is -2.20. The first kappa shape index (κ1) is 25.6. The molecule has 0 aliphatic heterocycles. The molecule has 2 N–H and O–H groups in total. The Balaban J connectivity index is 1.38. The van der Waals surface area contributed by atoms with E-state index in [9.17, 15) is 14.0 Å². The quantitative estimate of drug-likeness (QED) is 0.142. The van der Waals surface area contributed by atoms with E-state index in [1.807, 2.05) is 34.7 Å². The summed E-state index contributed by atoms with van der Waals surface area (Å²) in [4.78, 5) is 24.6. The standard InChI is InChI=1S/C25H18BrFIN3O5/c1-34-21-9-14(12-29-31-25(33)22-11-15-10-16(26)2-7-20(15)36-22)8-19(28)24(21)35-13-23(32)30-18-5-3-17(27)4-6-18/h2-12H,13H2,1H3,(H,30,32)(H,31,33)/b29-12+. The van der Waals surface area contributed by atoms with E-state index in [2.05, 4.69) is 31.8 Å². The third-order valence-electron chi connectivity index (χ3n) is 4.81. The van der Waals surface area contributed by atoms with E-state index in [1.165, 1.54) is 37.6 Å². The summed E-state index contributed by atoms with van der Waals surface area (Å²) in [6.07, 6.45) is 1.45. The largest absolute Gasteiger partial charge is 0.493 e. The summed E-state index contributed by atoms with van der Waals surface area (Å²) >= 11 is 5.43. The van der Waals surface area contributed by atoms with Gasteiger partial charge in [0.2, 0.25) is 0 Å². The number of halogens is 3. The number of methoxy groups -OCH3 is 1. The number of amides is 2. The van der Waals surface area contributed by atoms with Crippen LogP contribution < -0.4 is 20.2 Å². The van der Waals surface area contributed by atoms with Gasteiger partial charge < -0.3 is 19.2 Å². The van der Waals surface area contributed by atoms with Crippen molar-refractivity contribution < 1.29 is 27.9 Å². The molecule has 36 heavy (non-hydrogen) atoms. The molecule has 0 aliphatic rings. The summed E-state index contributed by atoms with van der Waals surface area (Å²) in [5.41, 5.74) is 4.11. The zero-order chi connectivity index (χ0) is 25.7. The highest BCUT2D eigenvalue weighted by Crippen LogP contribution is 2.33. The highest BCUT2D eigenvalue weighted by Gasteiger charge is 2.14. The lowest BCUT2D eigenvalue weighted by molar-refractivity contribution is -0.118. The minimum absolute atomic E-state index is 0.134. The molecule has 0 aliphatic carbocycles. The van der Waals surface area contributed by atoms with E-state index in [4.69, 9.17) is 13.9 Å². The number of nitrogens with zero attached hydrogens (tertiary/aromatic N) is 1. The number of benzene rings is 3. The molecule has 0 radical (unpaired) electrons. The molecule has 0 saturated carbocycles. The Hall–Kier alpha value is -3.45. The van der Waals surface area contributed by atoms with Crippen LogP contribution in [0.1, 0.15) is 16.1 Å². The van der Waals surface area contributed by atoms with Crippen LogP contribution in [-0.4, -0.2) is 31.7 Å². The second-order valence-electron chi connectivity index (χ2n) is 7.37. The summed E-state index contributed by atoms with van der Waals surface area (Å²) in [6, 6.07) is 15.9. The van der Waals surface area contributed by atoms with Crippen molar-refractivity contribution in [1.29, 1.82) is 0 Å². The van der Waals surface area contributed by atoms with Gasteiger partial charge in [-0.05, 0) is 88.8 Å². The van der Waals surface area contributed by atoms with E-state index in [1.54, 1.807) is 24.3 Å². The molecule has 184 valence electrons. The van der Waals surface area contributed by atoms with Crippen molar-refractivity contribution in [2.45, 2.75) is 0 Å². The van der Waals surface area contributed by atoms with Gasteiger partial charge in [-0.25, -0.2) is 9.82 Å². The van der Waals surface area contributed by atoms with E-state index >= 15 is 0 Å². The molecule has 8 nitrogen and oxygen atoms in total. The van der Waals surface area contributed by atoms with Gasteiger partial charge in [0.05, 0.1) is 16.9 Å². The lowest BCUT2D eigenvalue weighted by Gasteiger charge is -2.13. The number of carbonyl (C=O) groups excluding carboxylic acids is 2. The minimum Gasteiger partial charge on any atom is -0.493 e. The molecule has 0 saturated heterocycles. The molecule has 1 aromatic heterocycles. The molecule has 0 bridgehead atoms. The summed E-state index contributed by atoms with van der Waals surface area (Å²) in [5, 5.41) is 7.41. The third kappa shape index (κ3) is 6.40. The number of ether oxygens (including phenoxy) is 2. The predicted molar refractivity (Wildman–Crippen MR) is 145 cm³/mol. The van der Waals surface area contributed by atoms with E-state index in [0.717, 1.165) is 9.86 Å². The molecule has 0 unspecified atom stereocenters. The number of carbonyl (C=O) groups is 2. The fourth-order valence-electron chi connectivity index (χ4n) is 3.17. The predicted octanol–water partition coefficient (Wildman–Crippen LogP) is 5.73. The van der Waals surface area contributed by atoms with Crippen LogP contribution in [-0.2, 0) is 4.79 Å². The molecule has 11 heteroatoms. The van der Waals surface area contributed by atoms with Gasteiger partial charge >= 0.3 is 5.91 Å². The van der Waals surface area contributed by atoms with Crippen molar-refractivity contribution in [2.24, 2.45) is 5.10 Å². The number of hydrogen-bond acceptors (Lipinski definition) is 6. The zero-order valence-corrected chi connectivity index (χ0v) is 22.4. The Kier molecular flexibility index (Phi) is 8.21. The number of nitrogens with one attached hydrogen (secondary N) is 2. The van der Waals surface area contributed by atoms with Crippen molar-refractivity contribution in [3.63, 3.8) is 0 Å². The fourth-order valence-corrected chi connectivity index (χ4v) is 4.33. The van der Waals surface area contributed by atoms with Gasteiger partial charge in [0.15, 0.2) is 23.9 Å². The average molecular weight is 666 g/mol. The number of rotatable bonds is 8. The molecule has 1 heterocycles. The van der Waals surface area contributed by atoms with Crippen molar-refractivity contribution in [1.82, 2.24) is 5.43 Å². The van der Waals surface area contributed by atoms with Crippen molar-refractivity contribution >= 4 is 73.2 Å². The Bertz CT molecular complexity index is 1460. The Morgan fingerprint density at radius 1 is 1.14 bits per heavy atom. The number of anilines is 1. The molecule has 4 aromatic rings. The zero-order valence-electron chi connectivity index (χ0n) is 18.7. The topological polar surface area (TPSA) is 102 Å². The van der Waals surface area contributed by atoms with Crippen molar-refractivity contribution in [3.05, 3.63) is 85.8 Å². The smallest absolute Gasteiger partial charge is 0.307 e. The second-order valence-corrected chi connectivity index (χ2v) is 9.45. The van der Waals surface area contributed by atoms with Gasteiger partial charge in [0.25, 0.3) is 5.91 Å². The van der Waals surface area contributed by atoms with Crippen LogP contribution in [0.5, 0.6) is 11.5 Å². The number of hydrazone groups is 1. The van der Waals surface area contributed by atoms with Crippen LogP contribution in [0.3, 0.4) is 0 Å². The van der Waals surface area contributed by atoms with E-state index in [0.29, 0.717) is 31.9 Å². The first-order chi connectivity index (χ1) is 17.3. The molecule has 3 aromatic carbocycles. The van der Waals surface area contributed by atoms with Crippen LogP contribution >= 0.6 is 38.5 Å². The highest BCUT2D eigenvalue weighted by atomic mass is 127. The molecule has 0 spiro atoms. The Morgan fingerprint density at radius 3 is 2.67 bits per heavy atom. The summed E-state index contributed by atoms with van der Waals surface area (Å²) in [5.74, 6) is -0.406. The molecule has 4 rings (SSSR count). The maximum atomic E-state index is 13.0. The van der Waals surface area contributed by atoms with Gasteiger partial charge in [0, 0.05) is 15.5 Å². The SMILES string of the molecule is COc1cc(/C=N/NC(=O)c2cc3cc(Br)ccc3o2)cc(I)c1OCC(=O)Nc1ccc(F)cc1. The maximum Gasteiger partial charge on any atom is 0.307 e. The number of fused-ring (bicyclic) bond motifs is 1. The molecule has 2 amide bonds. The molecule has 0 fully saturated rings. The van der Waals surface area contributed by atoms with Crippen LogP contribution in [0, 0.1) is 9.39 Å². The van der Waals surface area contributed by atoms with Gasteiger partial charge in [-0.2, -0.15) is 5.10 Å².